The fraction of sp³-hybridized carbons (Fsp3) is 0.333. The highest BCUT2D eigenvalue weighted by molar-refractivity contribution is 6.36. The maximum atomic E-state index is 12.0. The average Bonchev–Trinajstić information content (AvgIpc) is 2.35. The van der Waals surface area contributed by atoms with Crippen LogP contribution in [0.5, 0.6) is 0 Å². The number of hydrogen-bond acceptors (Lipinski definition) is 3. The number of halogens is 1. The molecule has 1 atom stereocenters. The number of carbonyl (C=O) groups is 2. The minimum Gasteiger partial charge on any atom is -0.398 e. The number of benzene rings is 1. The van der Waals surface area contributed by atoms with Crippen molar-refractivity contribution < 1.29 is 9.59 Å². The second kappa shape index (κ2) is 5.27. The maximum Gasteiger partial charge on any atom is 0.253 e. The van der Waals surface area contributed by atoms with E-state index in [1.165, 1.54) is 0 Å². The van der Waals surface area contributed by atoms with Crippen molar-refractivity contribution in [2.24, 2.45) is 0 Å². The van der Waals surface area contributed by atoms with Gasteiger partial charge in [-0.25, -0.2) is 0 Å². The third kappa shape index (κ3) is 2.73. The summed E-state index contributed by atoms with van der Waals surface area (Å²) in [6.07, 6.45) is 1.06. The van der Waals surface area contributed by atoms with E-state index >= 15 is 0 Å². The zero-order valence-corrected chi connectivity index (χ0v) is 10.5. The number of nitrogen functional groups attached to an aromatic ring is 1. The summed E-state index contributed by atoms with van der Waals surface area (Å²) in [4.78, 5) is 23.0. The van der Waals surface area contributed by atoms with Crippen LogP contribution in [0, 0.1) is 0 Å². The predicted molar refractivity (Wildman–Crippen MR) is 69.4 cm³/mol. The number of amides is 2. The van der Waals surface area contributed by atoms with Gasteiger partial charge < -0.3 is 16.4 Å². The topological polar surface area (TPSA) is 84.2 Å². The minimum absolute atomic E-state index is 0.0162. The standard InChI is InChI=1S/C12H14ClN3O2/c13-11-8(2-1-3-9(11)14)12(18)16-7-4-5-10(17)15-6-7/h1-3,7H,4-6,14H2,(H,15,17)(H,16,18). The molecule has 0 bridgehead atoms. The van der Waals surface area contributed by atoms with Crippen molar-refractivity contribution >= 4 is 29.1 Å². The van der Waals surface area contributed by atoms with E-state index < -0.39 is 0 Å². The summed E-state index contributed by atoms with van der Waals surface area (Å²) in [6.45, 7) is 0.449. The van der Waals surface area contributed by atoms with Crippen LogP contribution in [-0.4, -0.2) is 24.4 Å². The smallest absolute Gasteiger partial charge is 0.253 e. The molecule has 4 N–H and O–H groups in total. The molecule has 96 valence electrons. The second-order valence-corrected chi connectivity index (χ2v) is 4.60. The number of hydrogen-bond donors (Lipinski definition) is 3. The van der Waals surface area contributed by atoms with E-state index in [2.05, 4.69) is 10.6 Å². The van der Waals surface area contributed by atoms with E-state index in [0.717, 1.165) is 0 Å². The van der Waals surface area contributed by atoms with E-state index in [-0.39, 0.29) is 22.9 Å². The molecule has 1 aliphatic heterocycles. The Labute approximate surface area is 110 Å². The monoisotopic (exact) mass is 267 g/mol. The van der Waals surface area contributed by atoms with Crippen molar-refractivity contribution in [3.8, 4) is 0 Å². The van der Waals surface area contributed by atoms with Crippen molar-refractivity contribution in [2.75, 3.05) is 12.3 Å². The number of anilines is 1. The number of nitrogens with two attached hydrogens (primary N) is 1. The highest BCUT2D eigenvalue weighted by Crippen LogP contribution is 2.23. The molecule has 6 heteroatoms. The van der Waals surface area contributed by atoms with Gasteiger partial charge in [0.05, 0.1) is 16.3 Å². The molecule has 5 nitrogen and oxygen atoms in total. The lowest BCUT2D eigenvalue weighted by molar-refractivity contribution is -0.122. The van der Waals surface area contributed by atoms with Gasteiger partial charge in [0, 0.05) is 19.0 Å². The summed E-state index contributed by atoms with van der Waals surface area (Å²) >= 11 is 5.97. The third-order valence-electron chi connectivity index (χ3n) is 2.87. The number of nitrogens with one attached hydrogen (secondary N) is 2. The van der Waals surface area contributed by atoms with Crippen LogP contribution in [0.2, 0.25) is 5.02 Å². The normalized spacial score (nSPS) is 19.2. The molecule has 0 spiro atoms. The highest BCUT2D eigenvalue weighted by Gasteiger charge is 2.21. The van der Waals surface area contributed by atoms with Crippen LogP contribution in [-0.2, 0) is 4.79 Å². The summed E-state index contributed by atoms with van der Waals surface area (Å²) < 4.78 is 0. The molecule has 0 aliphatic carbocycles. The van der Waals surface area contributed by atoms with Crippen LogP contribution in [0.1, 0.15) is 23.2 Å². The van der Waals surface area contributed by atoms with Gasteiger partial charge >= 0.3 is 0 Å². The predicted octanol–water partition coefficient (Wildman–Crippen LogP) is 0.931. The Bertz CT molecular complexity index is 480. The summed E-state index contributed by atoms with van der Waals surface area (Å²) in [5.74, 6) is -0.254. The molecule has 18 heavy (non-hydrogen) atoms. The quantitative estimate of drug-likeness (QED) is 0.697. The highest BCUT2D eigenvalue weighted by atomic mass is 35.5. The Kier molecular flexibility index (Phi) is 3.72. The van der Waals surface area contributed by atoms with Crippen molar-refractivity contribution in [1.82, 2.24) is 10.6 Å². The third-order valence-corrected chi connectivity index (χ3v) is 3.30. The molecular weight excluding hydrogens is 254 g/mol. The van der Waals surface area contributed by atoms with Crippen LogP contribution in [0.4, 0.5) is 5.69 Å². The largest absolute Gasteiger partial charge is 0.398 e. The van der Waals surface area contributed by atoms with E-state index in [4.69, 9.17) is 17.3 Å². The summed E-state index contributed by atoms with van der Waals surface area (Å²) in [5.41, 5.74) is 6.37. The Morgan fingerprint density at radius 2 is 2.28 bits per heavy atom. The van der Waals surface area contributed by atoms with E-state index in [1.807, 2.05) is 0 Å². The molecule has 2 rings (SSSR count). The average molecular weight is 268 g/mol. The van der Waals surface area contributed by atoms with Gasteiger partial charge in [0.15, 0.2) is 0 Å². The lowest BCUT2D eigenvalue weighted by atomic mass is 10.1. The second-order valence-electron chi connectivity index (χ2n) is 4.22. The van der Waals surface area contributed by atoms with Gasteiger partial charge in [-0.05, 0) is 18.6 Å². The van der Waals surface area contributed by atoms with Crippen LogP contribution < -0.4 is 16.4 Å². The summed E-state index contributed by atoms with van der Waals surface area (Å²) in [5, 5.41) is 5.79. The first-order valence-corrected chi connectivity index (χ1v) is 6.07. The van der Waals surface area contributed by atoms with Gasteiger partial charge in [-0.15, -0.1) is 0 Å². The van der Waals surface area contributed by atoms with Crippen LogP contribution in [0.3, 0.4) is 0 Å². The van der Waals surface area contributed by atoms with Gasteiger partial charge in [0.1, 0.15) is 0 Å². The molecule has 0 saturated carbocycles. The Hall–Kier alpha value is -1.75. The van der Waals surface area contributed by atoms with Gasteiger partial charge in [-0.2, -0.15) is 0 Å². The summed E-state index contributed by atoms with van der Waals surface area (Å²) in [6, 6.07) is 4.88. The van der Waals surface area contributed by atoms with Crippen molar-refractivity contribution in [3.63, 3.8) is 0 Å². The van der Waals surface area contributed by atoms with Crippen LogP contribution >= 0.6 is 11.6 Å². The molecule has 1 unspecified atom stereocenters. The lowest BCUT2D eigenvalue weighted by Gasteiger charge is -2.23. The van der Waals surface area contributed by atoms with E-state index in [1.54, 1.807) is 18.2 Å². The van der Waals surface area contributed by atoms with Gasteiger partial charge in [-0.3, -0.25) is 9.59 Å². The molecule has 1 aromatic carbocycles. The fourth-order valence-corrected chi connectivity index (χ4v) is 2.06. The molecule has 1 aromatic rings. The van der Waals surface area contributed by atoms with Crippen LogP contribution in [0.15, 0.2) is 18.2 Å². The fourth-order valence-electron chi connectivity index (χ4n) is 1.84. The number of rotatable bonds is 2. The first-order valence-electron chi connectivity index (χ1n) is 5.69. The minimum atomic E-state index is -0.270. The SMILES string of the molecule is Nc1cccc(C(=O)NC2CCC(=O)NC2)c1Cl. The number of piperidine rings is 1. The Morgan fingerprint density at radius 3 is 2.94 bits per heavy atom. The van der Waals surface area contributed by atoms with Crippen molar-refractivity contribution in [3.05, 3.63) is 28.8 Å². The molecular formula is C12H14ClN3O2. The zero-order chi connectivity index (χ0) is 13.1. The Morgan fingerprint density at radius 1 is 1.50 bits per heavy atom. The molecule has 1 saturated heterocycles. The molecule has 2 amide bonds. The molecule has 0 radical (unpaired) electrons. The molecule has 1 aliphatic rings. The first kappa shape index (κ1) is 12.7. The van der Waals surface area contributed by atoms with E-state index in [9.17, 15) is 9.59 Å². The van der Waals surface area contributed by atoms with Gasteiger partial charge in [-0.1, -0.05) is 17.7 Å². The maximum absolute atomic E-state index is 12.0. The van der Waals surface area contributed by atoms with Crippen molar-refractivity contribution in [1.29, 1.82) is 0 Å². The molecule has 0 aromatic heterocycles. The van der Waals surface area contributed by atoms with Gasteiger partial charge in [0.2, 0.25) is 5.91 Å². The van der Waals surface area contributed by atoms with E-state index in [0.29, 0.717) is 30.6 Å². The summed E-state index contributed by atoms with van der Waals surface area (Å²) in [7, 11) is 0. The van der Waals surface area contributed by atoms with Crippen LogP contribution in [0.25, 0.3) is 0 Å². The first-order chi connectivity index (χ1) is 8.58. The molecule has 1 heterocycles. The lowest BCUT2D eigenvalue weighted by Crippen LogP contribution is -2.47. The molecule has 1 fully saturated rings. The van der Waals surface area contributed by atoms with Crippen molar-refractivity contribution in [2.45, 2.75) is 18.9 Å². The number of carbonyl (C=O) groups excluding carboxylic acids is 2. The van der Waals surface area contributed by atoms with Gasteiger partial charge in [0.25, 0.3) is 5.91 Å². The zero-order valence-electron chi connectivity index (χ0n) is 9.70. The Balaban J connectivity index is 2.03.